The van der Waals surface area contributed by atoms with Crippen molar-refractivity contribution in [2.45, 2.75) is 18.9 Å². The van der Waals surface area contributed by atoms with E-state index in [1.807, 2.05) is 0 Å². The van der Waals surface area contributed by atoms with Gasteiger partial charge in [0.2, 0.25) is 0 Å². The lowest BCUT2D eigenvalue weighted by atomic mass is 10.00. The molecule has 2 aliphatic rings. The first kappa shape index (κ1) is 11.3. The van der Waals surface area contributed by atoms with E-state index in [9.17, 15) is 5.11 Å². The maximum atomic E-state index is 9.90. The topological polar surface area (TPSA) is 86.2 Å². The fourth-order valence-corrected chi connectivity index (χ4v) is 3.22. The number of fused-ring (bicyclic) bond motifs is 1. The van der Waals surface area contributed by atoms with E-state index in [4.69, 9.17) is 11.0 Å². The van der Waals surface area contributed by atoms with Gasteiger partial charge < -0.3 is 15.7 Å². The smallest absolute Gasteiger partial charge is 0.146 e. The maximum Gasteiger partial charge on any atom is 0.146 e. The third-order valence-corrected chi connectivity index (χ3v) is 4.13. The number of anilines is 2. The van der Waals surface area contributed by atoms with E-state index in [0.717, 1.165) is 25.9 Å². The van der Waals surface area contributed by atoms with E-state index >= 15 is 0 Å². The Labute approximate surface area is 106 Å². The highest BCUT2D eigenvalue weighted by atomic mass is 16.3. The number of nitriles is 1. The van der Waals surface area contributed by atoms with Crippen molar-refractivity contribution in [3.05, 3.63) is 17.8 Å². The van der Waals surface area contributed by atoms with Gasteiger partial charge in [0.05, 0.1) is 23.6 Å². The molecule has 94 valence electrons. The first-order valence-corrected chi connectivity index (χ1v) is 6.27. The highest BCUT2D eigenvalue weighted by Crippen LogP contribution is 2.40. The summed E-state index contributed by atoms with van der Waals surface area (Å²) in [4.78, 5) is 6.39. The minimum absolute atomic E-state index is 0.195. The molecule has 3 unspecified atom stereocenters. The average molecular weight is 244 g/mol. The first-order valence-electron chi connectivity index (χ1n) is 6.27. The Morgan fingerprint density at radius 1 is 1.44 bits per heavy atom. The van der Waals surface area contributed by atoms with Crippen molar-refractivity contribution in [3.63, 3.8) is 0 Å². The minimum atomic E-state index is -0.195. The summed E-state index contributed by atoms with van der Waals surface area (Å²) in [6.45, 7) is 1.67. The summed E-state index contributed by atoms with van der Waals surface area (Å²) in [6.07, 6.45) is 3.36. The van der Waals surface area contributed by atoms with Crippen LogP contribution in [0.1, 0.15) is 18.4 Å². The molecule has 0 amide bonds. The van der Waals surface area contributed by atoms with Crippen LogP contribution in [-0.4, -0.2) is 29.3 Å². The lowest BCUT2D eigenvalue weighted by Crippen LogP contribution is -2.25. The lowest BCUT2D eigenvalue weighted by molar-refractivity contribution is 0.133. The van der Waals surface area contributed by atoms with Gasteiger partial charge in [-0.3, -0.25) is 0 Å². The van der Waals surface area contributed by atoms with Gasteiger partial charge in [-0.1, -0.05) is 0 Å². The van der Waals surface area contributed by atoms with Crippen molar-refractivity contribution < 1.29 is 5.11 Å². The van der Waals surface area contributed by atoms with Gasteiger partial charge in [-0.15, -0.1) is 0 Å². The molecular formula is C13H16N4O. The molecule has 5 nitrogen and oxygen atoms in total. The summed E-state index contributed by atoms with van der Waals surface area (Å²) in [7, 11) is 0. The second-order valence-electron chi connectivity index (χ2n) is 5.23. The van der Waals surface area contributed by atoms with Crippen LogP contribution < -0.4 is 10.6 Å². The third-order valence-electron chi connectivity index (χ3n) is 4.13. The third kappa shape index (κ3) is 1.70. The quantitative estimate of drug-likeness (QED) is 0.761. The van der Waals surface area contributed by atoms with Gasteiger partial charge >= 0.3 is 0 Å². The molecule has 1 aliphatic heterocycles. The van der Waals surface area contributed by atoms with E-state index in [-0.39, 0.29) is 6.10 Å². The van der Waals surface area contributed by atoms with E-state index in [1.165, 1.54) is 0 Å². The second-order valence-corrected chi connectivity index (χ2v) is 5.23. The molecule has 1 aromatic rings. The normalized spacial score (nSPS) is 30.2. The molecule has 3 rings (SSSR count). The SMILES string of the molecule is N#Cc1cc(N)cnc1N1CC2CCC(O)C2C1. The van der Waals surface area contributed by atoms with E-state index in [1.54, 1.807) is 12.3 Å². The van der Waals surface area contributed by atoms with E-state index < -0.39 is 0 Å². The Kier molecular flexibility index (Phi) is 2.60. The zero-order valence-corrected chi connectivity index (χ0v) is 10.1. The van der Waals surface area contributed by atoms with Crippen LogP contribution in [0.25, 0.3) is 0 Å². The number of hydrogen-bond acceptors (Lipinski definition) is 5. The van der Waals surface area contributed by atoms with Gasteiger partial charge in [0.25, 0.3) is 0 Å². The molecular weight excluding hydrogens is 228 g/mol. The summed E-state index contributed by atoms with van der Waals surface area (Å²) in [6, 6.07) is 3.80. The van der Waals surface area contributed by atoms with E-state index in [2.05, 4.69) is 16.0 Å². The van der Waals surface area contributed by atoms with Crippen molar-refractivity contribution in [3.8, 4) is 6.07 Å². The molecule has 3 N–H and O–H groups in total. The average Bonchev–Trinajstić information content (AvgIpc) is 2.92. The van der Waals surface area contributed by atoms with Crippen LogP contribution in [0.15, 0.2) is 12.3 Å². The summed E-state index contributed by atoms with van der Waals surface area (Å²) in [5.74, 6) is 1.56. The Bertz CT molecular complexity index is 510. The molecule has 0 spiro atoms. The number of rotatable bonds is 1. The number of aliphatic hydroxyl groups is 1. The number of aromatic nitrogens is 1. The van der Waals surface area contributed by atoms with Gasteiger partial charge in [0.1, 0.15) is 11.9 Å². The van der Waals surface area contributed by atoms with Gasteiger partial charge in [0, 0.05) is 19.0 Å². The second kappa shape index (κ2) is 4.14. The van der Waals surface area contributed by atoms with Crippen molar-refractivity contribution in [1.82, 2.24) is 4.98 Å². The fourth-order valence-electron chi connectivity index (χ4n) is 3.22. The summed E-state index contributed by atoms with van der Waals surface area (Å²) >= 11 is 0. The van der Waals surface area contributed by atoms with Gasteiger partial charge in [-0.25, -0.2) is 4.98 Å². The van der Waals surface area contributed by atoms with Crippen LogP contribution in [0.4, 0.5) is 11.5 Å². The number of nitrogen functional groups attached to an aromatic ring is 1. The van der Waals surface area contributed by atoms with Crippen molar-refractivity contribution in [1.29, 1.82) is 5.26 Å². The Hall–Kier alpha value is -1.80. The summed E-state index contributed by atoms with van der Waals surface area (Å²) in [5, 5.41) is 19.0. The molecule has 0 aromatic carbocycles. The Balaban J connectivity index is 1.87. The van der Waals surface area contributed by atoms with Crippen molar-refractivity contribution in [2.24, 2.45) is 11.8 Å². The standard InChI is InChI=1S/C13H16N4O/c14-4-9-3-10(15)5-16-13(9)17-6-8-1-2-12(18)11(8)7-17/h3,5,8,11-12,18H,1-2,6-7,15H2. The predicted octanol–water partition coefficient (Wildman–Crippen LogP) is 0.743. The molecule has 2 heterocycles. The minimum Gasteiger partial charge on any atom is -0.397 e. The number of nitrogens with two attached hydrogens (primary N) is 1. The zero-order chi connectivity index (χ0) is 12.7. The largest absolute Gasteiger partial charge is 0.397 e. The summed E-state index contributed by atoms with van der Waals surface area (Å²) in [5.41, 5.74) is 6.67. The number of nitrogens with zero attached hydrogens (tertiary/aromatic N) is 3. The number of aliphatic hydroxyl groups excluding tert-OH is 1. The van der Waals surface area contributed by atoms with Crippen LogP contribution in [0, 0.1) is 23.2 Å². The van der Waals surface area contributed by atoms with Crippen LogP contribution in [-0.2, 0) is 0 Å². The van der Waals surface area contributed by atoms with Crippen LogP contribution in [0.3, 0.4) is 0 Å². The van der Waals surface area contributed by atoms with E-state index in [0.29, 0.717) is 28.9 Å². The fraction of sp³-hybridized carbons (Fsp3) is 0.538. The van der Waals surface area contributed by atoms with Gasteiger partial charge in [0.15, 0.2) is 0 Å². The molecule has 2 fully saturated rings. The van der Waals surface area contributed by atoms with Gasteiger partial charge in [-0.2, -0.15) is 5.26 Å². The summed E-state index contributed by atoms with van der Waals surface area (Å²) < 4.78 is 0. The molecule has 18 heavy (non-hydrogen) atoms. The van der Waals surface area contributed by atoms with Crippen molar-refractivity contribution >= 4 is 11.5 Å². The molecule has 0 radical (unpaired) electrons. The van der Waals surface area contributed by atoms with Crippen molar-refractivity contribution in [2.75, 3.05) is 23.7 Å². The molecule has 0 bridgehead atoms. The van der Waals surface area contributed by atoms with Crippen LogP contribution in [0.5, 0.6) is 0 Å². The molecule has 1 saturated heterocycles. The molecule has 1 aliphatic carbocycles. The highest BCUT2D eigenvalue weighted by Gasteiger charge is 2.42. The number of hydrogen-bond donors (Lipinski definition) is 2. The molecule has 1 saturated carbocycles. The lowest BCUT2D eigenvalue weighted by Gasteiger charge is -2.20. The zero-order valence-electron chi connectivity index (χ0n) is 10.1. The van der Waals surface area contributed by atoms with Crippen LogP contribution >= 0.6 is 0 Å². The Morgan fingerprint density at radius 3 is 3.00 bits per heavy atom. The predicted molar refractivity (Wildman–Crippen MR) is 67.8 cm³/mol. The highest BCUT2D eigenvalue weighted by molar-refractivity contribution is 5.59. The molecule has 1 aromatic heterocycles. The van der Waals surface area contributed by atoms with Gasteiger partial charge in [-0.05, 0) is 24.8 Å². The maximum absolute atomic E-state index is 9.90. The molecule has 3 atom stereocenters. The van der Waals surface area contributed by atoms with Crippen LogP contribution in [0.2, 0.25) is 0 Å². The Morgan fingerprint density at radius 2 is 2.28 bits per heavy atom. The monoisotopic (exact) mass is 244 g/mol. The first-order chi connectivity index (χ1) is 8.69. The number of pyridine rings is 1. The molecule has 5 heteroatoms.